The Morgan fingerprint density at radius 3 is 2.71 bits per heavy atom. The number of rotatable bonds is 2. The van der Waals surface area contributed by atoms with Gasteiger partial charge in [-0.15, -0.1) is 0 Å². The molecule has 0 aromatic rings. The fraction of sp³-hybridized carbons (Fsp3) is 0.889. The van der Waals surface area contributed by atoms with Crippen molar-refractivity contribution in [3.8, 4) is 0 Å². The number of carbonyl (C=O) groups is 1. The molecule has 14 heavy (non-hydrogen) atoms. The van der Waals surface area contributed by atoms with Gasteiger partial charge in [0.2, 0.25) is 0 Å². The second-order valence-electron chi connectivity index (χ2n) is 3.85. The molecule has 2 N–H and O–H groups in total. The van der Waals surface area contributed by atoms with Crippen molar-refractivity contribution >= 4 is 5.91 Å². The fourth-order valence-corrected chi connectivity index (χ4v) is 1.78. The van der Waals surface area contributed by atoms with E-state index in [-0.39, 0.29) is 12.0 Å². The van der Waals surface area contributed by atoms with Crippen LogP contribution >= 0.6 is 0 Å². The molecule has 0 bridgehead atoms. The Kier molecular flexibility index (Phi) is 3.80. The maximum Gasteiger partial charge on any atom is 0.315 e. The van der Waals surface area contributed by atoms with Crippen LogP contribution in [0.5, 0.6) is 0 Å². The summed E-state index contributed by atoms with van der Waals surface area (Å²) in [4.78, 5) is 12.2. The number of hydrogen-bond donors (Lipinski definition) is 1. The zero-order chi connectivity index (χ0) is 10.7. The first kappa shape index (κ1) is 11.4. The first-order chi connectivity index (χ1) is 6.52. The number of halogens is 2. The van der Waals surface area contributed by atoms with Crippen LogP contribution in [-0.4, -0.2) is 36.4 Å². The predicted molar refractivity (Wildman–Crippen MR) is 49.0 cm³/mol. The second-order valence-corrected chi connectivity index (χ2v) is 3.85. The lowest BCUT2D eigenvalue weighted by Crippen LogP contribution is -2.46. The molecule has 1 rings (SSSR count). The average molecular weight is 206 g/mol. The van der Waals surface area contributed by atoms with Gasteiger partial charge in [0.15, 0.2) is 0 Å². The number of nitrogens with two attached hydrogens (primary N) is 1. The van der Waals surface area contributed by atoms with Crippen LogP contribution in [0.4, 0.5) is 8.78 Å². The van der Waals surface area contributed by atoms with Crippen LogP contribution < -0.4 is 5.73 Å². The molecule has 0 aromatic heterocycles. The lowest BCUT2D eigenvalue weighted by atomic mass is 9.92. The average Bonchev–Trinajstić information content (AvgIpc) is 2.16. The molecule has 0 aromatic carbocycles. The van der Waals surface area contributed by atoms with Gasteiger partial charge in [-0.3, -0.25) is 4.79 Å². The minimum Gasteiger partial charge on any atom is -0.337 e. The van der Waals surface area contributed by atoms with Crippen molar-refractivity contribution in [1.29, 1.82) is 0 Å². The number of piperidine rings is 1. The summed E-state index contributed by atoms with van der Waals surface area (Å²) in [6, 6.07) is -0.0386. The first-order valence-corrected chi connectivity index (χ1v) is 4.85. The third-order valence-corrected chi connectivity index (χ3v) is 2.70. The molecule has 0 spiro atoms. The smallest absolute Gasteiger partial charge is 0.315 e. The van der Waals surface area contributed by atoms with Crippen molar-refractivity contribution in [2.75, 3.05) is 13.1 Å². The van der Waals surface area contributed by atoms with Crippen LogP contribution in [0.25, 0.3) is 0 Å². The van der Waals surface area contributed by atoms with Crippen LogP contribution in [0.1, 0.15) is 19.8 Å². The highest BCUT2D eigenvalue weighted by Crippen LogP contribution is 2.19. The van der Waals surface area contributed by atoms with Gasteiger partial charge in [-0.05, 0) is 25.7 Å². The van der Waals surface area contributed by atoms with E-state index >= 15 is 0 Å². The van der Waals surface area contributed by atoms with Crippen LogP contribution in [0.3, 0.4) is 0 Å². The Morgan fingerprint density at radius 1 is 1.57 bits per heavy atom. The fourth-order valence-electron chi connectivity index (χ4n) is 1.78. The normalized spacial score (nSPS) is 25.2. The highest BCUT2D eigenvalue weighted by molar-refractivity contribution is 5.79. The van der Waals surface area contributed by atoms with Gasteiger partial charge in [0.05, 0.1) is 0 Å². The van der Waals surface area contributed by atoms with E-state index in [9.17, 15) is 13.6 Å². The Labute approximate surface area is 82.2 Å². The number of alkyl halides is 2. The zero-order valence-corrected chi connectivity index (χ0v) is 8.25. The van der Waals surface area contributed by atoms with Gasteiger partial charge >= 0.3 is 6.43 Å². The molecule has 1 saturated heterocycles. The molecular weight excluding hydrogens is 190 g/mol. The monoisotopic (exact) mass is 206 g/mol. The molecule has 0 saturated carbocycles. The Bertz CT molecular complexity index is 209. The van der Waals surface area contributed by atoms with Crippen molar-refractivity contribution in [1.82, 2.24) is 4.90 Å². The summed E-state index contributed by atoms with van der Waals surface area (Å²) in [5.41, 5.74) is 5.68. The summed E-state index contributed by atoms with van der Waals surface area (Å²) in [6.07, 6.45) is -1.20. The summed E-state index contributed by atoms with van der Waals surface area (Å²) >= 11 is 0. The van der Waals surface area contributed by atoms with Crippen molar-refractivity contribution in [2.24, 2.45) is 11.7 Å². The van der Waals surface area contributed by atoms with Crippen molar-refractivity contribution in [3.05, 3.63) is 0 Å². The summed E-state index contributed by atoms with van der Waals surface area (Å²) < 4.78 is 24.2. The maximum atomic E-state index is 12.1. The largest absolute Gasteiger partial charge is 0.337 e. The van der Waals surface area contributed by atoms with E-state index in [1.165, 1.54) is 4.90 Å². The number of likely N-dealkylation sites (tertiary alicyclic amines) is 1. The lowest BCUT2D eigenvalue weighted by molar-refractivity contribution is -0.144. The van der Waals surface area contributed by atoms with Crippen molar-refractivity contribution < 1.29 is 13.6 Å². The van der Waals surface area contributed by atoms with Crippen LogP contribution in [0.15, 0.2) is 0 Å². The topological polar surface area (TPSA) is 46.3 Å². The van der Waals surface area contributed by atoms with E-state index in [0.717, 1.165) is 12.8 Å². The second kappa shape index (κ2) is 4.68. The van der Waals surface area contributed by atoms with Crippen molar-refractivity contribution in [2.45, 2.75) is 32.2 Å². The third kappa shape index (κ3) is 2.64. The van der Waals surface area contributed by atoms with Gasteiger partial charge in [0.1, 0.15) is 0 Å². The number of carbonyl (C=O) groups excluding carboxylic acids is 1. The van der Waals surface area contributed by atoms with Gasteiger partial charge in [0, 0.05) is 19.1 Å². The Hall–Kier alpha value is -0.710. The molecule has 1 amide bonds. The molecule has 0 radical (unpaired) electrons. The molecular formula is C9H16F2N2O. The number of amides is 1. The zero-order valence-electron chi connectivity index (χ0n) is 8.25. The minimum absolute atomic E-state index is 0.0386. The summed E-state index contributed by atoms with van der Waals surface area (Å²) in [6.45, 7) is 2.66. The van der Waals surface area contributed by atoms with E-state index in [1.54, 1.807) is 0 Å². The predicted octanol–water partition coefficient (Wildman–Crippen LogP) is 0.837. The molecule has 1 aliphatic rings. The molecule has 2 unspecified atom stereocenters. The van der Waals surface area contributed by atoms with E-state index in [2.05, 4.69) is 0 Å². The van der Waals surface area contributed by atoms with Crippen LogP contribution in [0, 0.1) is 5.92 Å². The minimum atomic E-state index is -2.89. The van der Waals surface area contributed by atoms with Crippen molar-refractivity contribution in [3.63, 3.8) is 0 Å². The quantitative estimate of drug-likeness (QED) is 0.727. The number of nitrogens with zero attached hydrogens (tertiary/aromatic N) is 1. The van der Waals surface area contributed by atoms with E-state index in [0.29, 0.717) is 13.1 Å². The van der Waals surface area contributed by atoms with Gasteiger partial charge < -0.3 is 10.6 Å². The lowest BCUT2D eigenvalue weighted by Gasteiger charge is -2.34. The molecule has 82 valence electrons. The van der Waals surface area contributed by atoms with E-state index < -0.39 is 12.3 Å². The van der Waals surface area contributed by atoms with Gasteiger partial charge in [-0.1, -0.05) is 0 Å². The van der Waals surface area contributed by atoms with Gasteiger partial charge in [-0.25, -0.2) is 0 Å². The molecule has 0 aliphatic carbocycles. The van der Waals surface area contributed by atoms with Gasteiger partial charge in [-0.2, -0.15) is 8.78 Å². The van der Waals surface area contributed by atoms with E-state index in [4.69, 9.17) is 5.73 Å². The van der Waals surface area contributed by atoms with Crippen LogP contribution in [0.2, 0.25) is 0 Å². The highest BCUT2D eigenvalue weighted by Gasteiger charge is 2.29. The SMILES string of the molecule is CC(N)C1CCCN(C(=O)C(F)F)C1. The molecule has 2 atom stereocenters. The van der Waals surface area contributed by atoms with Gasteiger partial charge in [0.25, 0.3) is 5.91 Å². The standard InChI is InChI=1S/C9H16F2N2O/c1-6(12)7-3-2-4-13(5-7)9(14)8(10)11/h6-8H,2-5,12H2,1H3. The molecule has 5 heteroatoms. The number of hydrogen-bond acceptors (Lipinski definition) is 2. The summed E-state index contributed by atoms with van der Waals surface area (Å²) in [5, 5.41) is 0. The molecule has 3 nitrogen and oxygen atoms in total. The first-order valence-electron chi connectivity index (χ1n) is 4.85. The molecule has 1 fully saturated rings. The third-order valence-electron chi connectivity index (χ3n) is 2.70. The Balaban J connectivity index is 2.51. The molecule has 1 aliphatic heterocycles. The summed E-state index contributed by atoms with van der Waals surface area (Å²) in [5.74, 6) is -0.901. The maximum absolute atomic E-state index is 12.1. The highest BCUT2D eigenvalue weighted by atomic mass is 19.3. The van der Waals surface area contributed by atoms with E-state index in [1.807, 2.05) is 6.92 Å². The summed E-state index contributed by atoms with van der Waals surface area (Å²) in [7, 11) is 0. The van der Waals surface area contributed by atoms with Crippen LogP contribution in [-0.2, 0) is 4.79 Å². The Morgan fingerprint density at radius 2 is 2.21 bits per heavy atom. The molecule has 1 heterocycles.